The van der Waals surface area contributed by atoms with E-state index in [2.05, 4.69) is 4.99 Å². The highest BCUT2D eigenvalue weighted by atomic mass is 32.1. The first-order chi connectivity index (χ1) is 11.5. The fourth-order valence-corrected chi connectivity index (χ4v) is 3.23. The Hall–Kier alpha value is -2.71. The van der Waals surface area contributed by atoms with Gasteiger partial charge in [0.25, 0.3) is 0 Å². The van der Waals surface area contributed by atoms with Crippen LogP contribution in [0.2, 0.25) is 0 Å². The van der Waals surface area contributed by atoms with E-state index in [4.69, 9.17) is 21.7 Å². The molecule has 0 unspecified atom stereocenters. The first-order valence-electron chi connectivity index (χ1n) is 6.87. The molecule has 2 N–H and O–H groups in total. The minimum atomic E-state index is -1.02. The van der Waals surface area contributed by atoms with E-state index in [1.54, 1.807) is 35.1 Å². The summed E-state index contributed by atoms with van der Waals surface area (Å²) in [5.41, 5.74) is 0.628. The normalized spacial score (nSPS) is 11.2. The Morgan fingerprint density at radius 2 is 2.21 bits per heavy atom. The van der Waals surface area contributed by atoms with E-state index in [1.807, 2.05) is 0 Å². The summed E-state index contributed by atoms with van der Waals surface area (Å²) in [4.78, 5) is 15.7. The number of carboxylic acid groups (broad SMARTS) is 1. The first kappa shape index (κ1) is 16.2. The maximum absolute atomic E-state index is 11.0. The predicted molar refractivity (Wildman–Crippen MR) is 93.3 cm³/mol. The van der Waals surface area contributed by atoms with Crippen LogP contribution in [-0.4, -0.2) is 27.0 Å². The smallest absolute Gasteiger partial charge is 0.335 e. The van der Waals surface area contributed by atoms with Crippen LogP contribution < -0.4 is 0 Å². The van der Waals surface area contributed by atoms with Crippen LogP contribution in [0.3, 0.4) is 0 Å². The summed E-state index contributed by atoms with van der Waals surface area (Å²) in [5.74, 6) is -0.341. The highest BCUT2D eigenvalue weighted by Crippen LogP contribution is 2.26. The lowest BCUT2D eigenvalue weighted by Crippen LogP contribution is -1.97. The van der Waals surface area contributed by atoms with Crippen molar-refractivity contribution in [3.8, 4) is 5.88 Å². The molecule has 6 nitrogen and oxygen atoms in total. The Labute approximate surface area is 146 Å². The van der Waals surface area contributed by atoms with Gasteiger partial charge in [0.15, 0.2) is 3.95 Å². The van der Waals surface area contributed by atoms with Crippen LogP contribution in [0.15, 0.2) is 52.1 Å². The number of aromatic carboxylic acids is 1. The molecule has 1 aromatic carbocycles. The highest BCUT2D eigenvalue weighted by Gasteiger charge is 2.12. The minimum Gasteiger partial charge on any atom is -0.493 e. The molecule has 0 spiro atoms. The molecule has 3 aromatic rings. The van der Waals surface area contributed by atoms with Crippen molar-refractivity contribution in [2.45, 2.75) is 6.54 Å². The van der Waals surface area contributed by atoms with Crippen molar-refractivity contribution in [3.05, 3.63) is 62.8 Å². The molecule has 0 radical (unpaired) electrons. The molecule has 0 saturated heterocycles. The van der Waals surface area contributed by atoms with Gasteiger partial charge in [-0.25, -0.2) is 4.79 Å². The van der Waals surface area contributed by atoms with Crippen molar-refractivity contribution in [3.63, 3.8) is 0 Å². The predicted octanol–water partition coefficient (Wildman–Crippen LogP) is 4.07. The van der Waals surface area contributed by atoms with Crippen LogP contribution >= 0.6 is 23.6 Å². The molecule has 0 fully saturated rings. The van der Waals surface area contributed by atoms with Gasteiger partial charge in [0, 0.05) is 0 Å². The van der Waals surface area contributed by atoms with Crippen molar-refractivity contribution in [1.29, 1.82) is 0 Å². The van der Waals surface area contributed by atoms with Crippen LogP contribution in [0, 0.1) is 3.95 Å². The molecule has 0 aliphatic rings. The van der Waals surface area contributed by atoms with Crippen LogP contribution in [0.25, 0.3) is 0 Å². The number of furan rings is 1. The third kappa shape index (κ3) is 3.44. The molecule has 3 rings (SSSR count). The first-order valence-corrected chi connectivity index (χ1v) is 8.09. The van der Waals surface area contributed by atoms with E-state index in [0.717, 1.165) is 0 Å². The van der Waals surface area contributed by atoms with Crippen molar-refractivity contribution in [2.24, 2.45) is 4.99 Å². The van der Waals surface area contributed by atoms with Crippen LogP contribution in [0.4, 0.5) is 5.69 Å². The Bertz CT molecular complexity index is 955. The molecule has 2 heterocycles. The van der Waals surface area contributed by atoms with Gasteiger partial charge >= 0.3 is 5.97 Å². The number of hydrogen-bond acceptors (Lipinski definition) is 6. The fraction of sp³-hybridized carbons (Fsp3) is 0.0625. The van der Waals surface area contributed by atoms with Crippen LogP contribution in [0.5, 0.6) is 5.88 Å². The van der Waals surface area contributed by atoms with Gasteiger partial charge in [0.2, 0.25) is 5.88 Å². The number of aliphatic imine (C=N–C) groups is 1. The standard InChI is InChI=1S/C16H12N2O4S2/c19-14-13(8-17-11-4-1-3-10(7-11)15(20)21)24-16(23)18(14)9-12-5-2-6-22-12/h1-8,19H,9H2,(H,20,21). The average molecular weight is 360 g/mol. The third-order valence-electron chi connectivity index (χ3n) is 3.21. The number of carboxylic acids is 1. The lowest BCUT2D eigenvalue weighted by atomic mass is 10.2. The fourth-order valence-electron chi connectivity index (χ4n) is 2.05. The molecule has 0 bridgehead atoms. The molecule has 8 heteroatoms. The number of rotatable bonds is 5. The lowest BCUT2D eigenvalue weighted by molar-refractivity contribution is 0.0697. The minimum absolute atomic E-state index is 0.000427. The van der Waals surface area contributed by atoms with Gasteiger partial charge < -0.3 is 14.6 Å². The van der Waals surface area contributed by atoms with Crippen LogP contribution in [-0.2, 0) is 6.54 Å². The average Bonchev–Trinajstić information content (AvgIpc) is 3.17. The summed E-state index contributed by atoms with van der Waals surface area (Å²) in [6.07, 6.45) is 3.02. The van der Waals surface area contributed by atoms with E-state index in [0.29, 0.717) is 26.8 Å². The summed E-state index contributed by atoms with van der Waals surface area (Å²) in [7, 11) is 0. The Balaban J connectivity index is 1.87. The third-order valence-corrected chi connectivity index (χ3v) is 4.59. The summed E-state index contributed by atoms with van der Waals surface area (Å²) >= 11 is 6.47. The maximum atomic E-state index is 11.0. The molecule has 0 aliphatic carbocycles. The van der Waals surface area contributed by atoms with Gasteiger partial charge in [0.1, 0.15) is 10.6 Å². The highest BCUT2D eigenvalue weighted by molar-refractivity contribution is 7.73. The number of thiazole rings is 1. The molecule has 24 heavy (non-hydrogen) atoms. The summed E-state index contributed by atoms with van der Waals surface area (Å²) in [6, 6.07) is 9.79. The number of aromatic hydroxyl groups is 1. The Morgan fingerprint density at radius 1 is 1.38 bits per heavy atom. The van der Waals surface area contributed by atoms with Crippen molar-refractivity contribution in [1.82, 2.24) is 4.57 Å². The number of aromatic nitrogens is 1. The monoisotopic (exact) mass is 360 g/mol. The Kier molecular flexibility index (Phi) is 4.59. The molecule has 2 aromatic heterocycles. The van der Waals surface area contributed by atoms with E-state index >= 15 is 0 Å². The molecule has 0 atom stereocenters. The SMILES string of the molecule is O=C(O)c1cccc(N=Cc2sc(=S)n(Cc3ccco3)c2O)c1. The second kappa shape index (κ2) is 6.81. The molecule has 0 saturated carbocycles. The van der Waals surface area contributed by atoms with E-state index in [-0.39, 0.29) is 11.4 Å². The quantitative estimate of drug-likeness (QED) is 0.529. The zero-order chi connectivity index (χ0) is 17.1. The van der Waals surface area contributed by atoms with E-state index < -0.39 is 5.97 Å². The summed E-state index contributed by atoms with van der Waals surface area (Å²) in [6.45, 7) is 0.330. The van der Waals surface area contributed by atoms with Crippen LogP contribution in [0.1, 0.15) is 21.0 Å². The summed E-state index contributed by atoms with van der Waals surface area (Å²) < 4.78 is 7.30. The van der Waals surface area contributed by atoms with Gasteiger partial charge in [-0.3, -0.25) is 9.56 Å². The number of benzene rings is 1. The summed E-state index contributed by atoms with van der Waals surface area (Å²) in [5, 5.41) is 19.3. The largest absolute Gasteiger partial charge is 0.493 e. The number of nitrogens with zero attached hydrogens (tertiary/aromatic N) is 2. The molecule has 0 amide bonds. The van der Waals surface area contributed by atoms with Crippen molar-refractivity contribution in [2.75, 3.05) is 0 Å². The van der Waals surface area contributed by atoms with Gasteiger partial charge in [-0.1, -0.05) is 17.4 Å². The van der Waals surface area contributed by atoms with Gasteiger partial charge in [-0.05, 0) is 42.5 Å². The maximum Gasteiger partial charge on any atom is 0.335 e. The zero-order valence-corrected chi connectivity index (χ0v) is 13.9. The topological polar surface area (TPSA) is 88.0 Å². The van der Waals surface area contributed by atoms with Crippen molar-refractivity contribution >= 4 is 41.4 Å². The van der Waals surface area contributed by atoms with E-state index in [9.17, 15) is 9.90 Å². The Morgan fingerprint density at radius 3 is 2.92 bits per heavy atom. The second-order valence-corrected chi connectivity index (χ2v) is 6.51. The van der Waals surface area contributed by atoms with E-state index in [1.165, 1.54) is 29.7 Å². The lowest BCUT2D eigenvalue weighted by Gasteiger charge is -2.01. The number of hydrogen-bond donors (Lipinski definition) is 2. The zero-order valence-electron chi connectivity index (χ0n) is 12.2. The van der Waals surface area contributed by atoms with Gasteiger partial charge in [-0.2, -0.15) is 0 Å². The molecular weight excluding hydrogens is 348 g/mol. The van der Waals surface area contributed by atoms with Gasteiger partial charge in [0.05, 0.1) is 30.3 Å². The van der Waals surface area contributed by atoms with Gasteiger partial charge in [-0.15, -0.1) is 0 Å². The number of carbonyl (C=O) groups is 1. The molecule has 0 aliphatic heterocycles. The molecular formula is C16H12N2O4S2. The second-order valence-electron chi connectivity index (χ2n) is 4.84. The molecule has 122 valence electrons. The van der Waals surface area contributed by atoms with Crippen molar-refractivity contribution < 1.29 is 19.4 Å².